The molecule has 0 aromatic heterocycles. The van der Waals surface area contributed by atoms with Gasteiger partial charge in [0.1, 0.15) is 12.3 Å². The van der Waals surface area contributed by atoms with Gasteiger partial charge in [0.05, 0.1) is 6.61 Å². The Bertz CT molecular complexity index is 462. The van der Waals surface area contributed by atoms with E-state index in [0.717, 1.165) is 38.0 Å². The van der Waals surface area contributed by atoms with Gasteiger partial charge in [-0.3, -0.25) is 9.59 Å². The van der Waals surface area contributed by atoms with Gasteiger partial charge in [-0.05, 0) is 25.0 Å². The molecule has 1 aromatic carbocycles. The predicted octanol–water partition coefficient (Wildman–Crippen LogP) is 3.78. The van der Waals surface area contributed by atoms with Crippen LogP contribution in [0.25, 0.3) is 0 Å². The number of unbranched alkanes of at least 4 members (excludes halogenated alkanes) is 7. The third kappa shape index (κ3) is 11.5. The van der Waals surface area contributed by atoms with E-state index < -0.39 is 5.97 Å². The first kappa shape index (κ1) is 20.0. The first-order valence-corrected chi connectivity index (χ1v) is 8.85. The molecule has 0 aliphatic carbocycles. The molecule has 1 amide bonds. The molecule has 0 saturated heterocycles. The smallest absolute Gasteiger partial charge is 0.322 e. The number of rotatable bonds is 14. The zero-order chi connectivity index (χ0) is 17.5. The highest BCUT2D eigenvalue weighted by Gasteiger charge is 2.03. The summed E-state index contributed by atoms with van der Waals surface area (Å²) in [6, 6.07) is 9.88. The van der Waals surface area contributed by atoms with Gasteiger partial charge in [0.25, 0.3) is 0 Å². The molecule has 0 aliphatic heterocycles. The van der Waals surface area contributed by atoms with Crippen molar-refractivity contribution in [3.8, 4) is 5.75 Å². The van der Waals surface area contributed by atoms with Gasteiger partial charge in [-0.25, -0.2) is 0 Å². The maximum Gasteiger partial charge on any atom is 0.322 e. The minimum atomic E-state index is -1.00. The first-order valence-electron chi connectivity index (χ1n) is 8.85. The SMILES string of the molecule is O=C(O)CNC(=O)CCCCCCCCCCOc1ccccc1. The average Bonchev–Trinajstić information content (AvgIpc) is 2.58. The zero-order valence-corrected chi connectivity index (χ0v) is 14.3. The molecular weight excluding hydrogens is 306 g/mol. The number of nitrogens with one attached hydrogen (secondary N) is 1. The van der Waals surface area contributed by atoms with E-state index in [1.54, 1.807) is 0 Å². The van der Waals surface area contributed by atoms with Gasteiger partial charge >= 0.3 is 5.97 Å². The van der Waals surface area contributed by atoms with E-state index in [4.69, 9.17) is 9.84 Å². The molecule has 5 nitrogen and oxygen atoms in total. The molecule has 134 valence electrons. The Balaban J connectivity index is 1.80. The normalized spacial score (nSPS) is 10.3. The third-order valence-corrected chi connectivity index (χ3v) is 3.75. The van der Waals surface area contributed by atoms with Crippen LogP contribution in [0.4, 0.5) is 0 Å². The Morgan fingerprint density at radius 2 is 1.46 bits per heavy atom. The van der Waals surface area contributed by atoms with E-state index in [0.29, 0.717) is 6.42 Å². The van der Waals surface area contributed by atoms with E-state index in [2.05, 4.69) is 5.32 Å². The summed E-state index contributed by atoms with van der Waals surface area (Å²) in [5.74, 6) is -0.238. The van der Waals surface area contributed by atoms with Crippen LogP contribution < -0.4 is 10.1 Å². The van der Waals surface area contributed by atoms with Crippen LogP contribution in [-0.4, -0.2) is 30.1 Å². The number of hydrogen-bond donors (Lipinski definition) is 2. The second-order valence-electron chi connectivity index (χ2n) is 5.91. The Morgan fingerprint density at radius 1 is 0.875 bits per heavy atom. The second kappa shape index (κ2) is 13.4. The summed E-state index contributed by atoms with van der Waals surface area (Å²) in [5.41, 5.74) is 0. The van der Waals surface area contributed by atoms with Crippen molar-refractivity contribution in [3.05, 3.63) is 30.3 Å². The molecular formula is C19H29NO4. The lowest BCUT2D eigenvalue weighted by Crippen LogP contribution is -2.28. The van der Waals surface area contributed by atoms with Crippen molar-refractivity contribution < 1.29 is 19.4 Å². The van der Waals surface area contributed by atoms with E-state index in [1.807, 2.05) is 30.3 Å². The Kier molecular flexibility index (Phi) is 11.2. The van der Waals surface area contributed by atoms with Crippen LogP contribution >= 0.6 is 0 Å². The van der Waals surface area contributed by atoms with Crippen molar-refractivity contribution in [1.82, 2.24) is 5.32 Å². The topological polar surface area (TPSA) is 75.6 Å². The molecule has 0 fully saturated rings. The second-order valence-corrected chi connectivity index (χ2v) is 5.91. The molecule has 24 heavy (non-hydrogen) atoms. The standard InChI is InChI=1S/C19H29NO4/c21-18(20-16-19(22)23)14-10-5-3-1-2-4-6-11-15-24-17-12-8-7-9-13-17/h7-9,12-13H,1-6,10-11,14-16H2,(H,20,21)(H,22,23). The fraction of sp³-hybridized carbons (Fsp3) is 0.579. The van der Waals surface area contributed by atoms with E-state index >= 15 is 0 Å². The van der Waals surface area contributed by atoms with Gasteiger partial charge in [0.2, 0.25) is 5.91 Å². The molecule has 0 aliphatic rings. The Labute approximate surface area is 144 Å². The molecule has 0 radical (unpaired) electrons. The third-order valence-electron chi connectivity index (χ3n) is 3.75. The summed E-state index contributed by atoms with van der Waals surface area (Å²) in [6.45, 7) is 0.488. The number of aliphatic carboxylic acids is 1. The highest BCUT2D eigenvalue weighted by Crippen LogP contribution is 2.12. The summed E-state index contributed by atoms with van der Waals surface area (Å²) >= 11 is 0. The molecule has 0 atom stereocenters. The largest absolute Gasteiger partial charge is 0.494 e. The van der Waals surface area contributed by atoms with Crippen molar-refractivity contribution >= 4 is 11.9 Å². The van der Waals surface area contributed by atoms with Gasteiger partial charge in [0.15, 0.2) is 0 Å². The Hall–Kier alpha value is -2.04. The van der Waals surface area contributed by atoms with Crippen molar-refractivity contribution in [3.63, 3.8) is 0 Å². The molecule has 0 saturated carbocycles. The molecule has 5 heteroatoms. The number of carboxylic acids is 1. The monoisotopic (exact) mass is 335 g/mol. The number of para-hydroxylation sites is 1. The van der Waals surface area contributed by atoms with Crippen molar-refractivity contribution in [2.24, 2.45) is 0 Å². The fourth-order valence-electron chi connectivity index (χ4n) is 2.42. The molecule has 1 aromatic rings. The summed E-state index contributed by atoms with van der Waals surface area (Å²) < 4.78 is 5.65. The van der Waals surface area contributed by atoms with Crippen LogP contribution in [0.15, 0.2) is 30.3 Å². The number of benzene rings is 1. The van der Waals surface area contributed by atoms with Crippen LogP contribution in [0.5, 0.6) is 5.75 Å². The lowest BCUT2D eigenvalue weighted by atomic mass is 10.1. The number of carbonyl (C=O) groups is 2. The summed E-state index contributed by atoms with van der Waals surface area (Å²) in [7, 11) is 0. The van der Waals surface area contributed by atoms with Crippen LogP contribution in [0.3, 0.4) is 0 Å². The number of carboxylic acid groups (broad SMARTS) is 1. The average molecular weight is 335 g/mol. The van der Waals surface area contributed by atoms with Gasteiger partial charge in [-0.15, -0.1) is 0 Å². The maximum absolute atomic E-state index is 11.3. The van der Waals surface area contributed by atoms with E-state index in [9.17, 15) is 9.59 Å². The van der Waals surface area contributed by atoms with Crippen LogP contribution in [0.1, 0.15) is 57.8 Å². The maximum atomic E-state index is 11.3. The molecule has 0 unspecified atom stereocenters. The van der Waals surface area contributed by atoms with Crippen LogP contribution in [-0.2, 0) is 9.59 Å². The minimum Gasteiger partial charge on any atom is -0.494 e. The number of carbonyl (C=O) groups excluding carboxylic acids is 1. The minimum absolute atomic E-state index is 0.171. The first-order chi connectivity index (χ1) is 11.7. The van der Waals surface area contributed by atoms with Crippen molar-refractivity contribution in [2.75, 3.05) is 13.2 Å². The summed E-state index contributed by atoms with van der Waals surface area (Å²) in [6.07, 6.45) is 9.30. The number of amides is 1. The lowest BCUT2D eigenvalue weighted by Gasteiger charge is -2.06. The number of hydrogen-bond acceptors (Lipinski definition) is 3. The van der Waals surface area contributed by atoms with Crippen LogP contribution in [0, 0.1) is 0 Å². The van der Waals surface area contributed by atoms with Gasteiger partial charge < -0.3 is 15.2 Å². The van der Waals surface area contributed by atoms with Crippen molar-refractivity contribution in [1.29, 1.82) is 0 Å². The Morgan fingerprint density at radius 3 is 2.08 bits per heavy atom. The number of ether oxygens (including phenoxy) is 1. The molecule has 0 heterocycles. The van der Waals surface area contributed by atoms with Gasteiger partial charge in [0, 0.05) is 6.42 Å². The summed E-state index contributed by atoms with van der Waals surface area (Å²) in [5, 5.41) is 10.8. The van der Waals surface area contributed by atoms with Gasteiger partial charge in [-0.1, -0.05) is 56.7 Å². The predicted molar refractivity (Wildman–Crippen MR) is 94.1 cm³/mol. The summed E-state index contributed by atoms with van der Waals surface area (Å²) in [4.78, 5) is 21.6. The van der Waals surface area contributed by atoms with Gasteiger partial charge in [-0.2, -0.15) is 0 Å². The van der Waals surface area contributed by atoms with E-state index in [1.165, 1.54) is 25.7 Å². The van der Waals surface area contributed by atoms with E-state index in [-0.39, 0.29) is 12.5 Å². The molecule has 0 bridgehead atoms. The van der Waals surface area contributed by atoms with Crippen molar-refractivity contribution in [2.45, 2.75) is 57.8 Å². The van der Waals surface area contributed by atoms with Crippen LogP contribution in [0.2, 0.25) is 0 Å². The zero-order valence-electron chi connectivity index (χ0n) is 14.3. The molecule has 2 N–H and O–H groups in total. The quantitative estimate of drug-likeness (QED) is 0.507. The lowest BCUT2D eigenvalue weighted by molar-refractivity contribution is -0.137. The molecule has 0 spiro atoms. The highest BCUT2D eigenvalue weighted by atomic mass is 16.5. The highest BCUT2D eigenvalue weighted by molar-refractivity contribution is 5.80. The molecule has 1 rings (SSSR count). The fourth-order valence-corrected chi connectivity index (χ4v) is 2.42.